The molecule has 2 heterocycles. The molecule has 5 heteroatoms. The molecule has 1 unspecified atom stereocenters. The molecule has 4 rings (SSSR count). The minimum atomic E-state index is -0.548. The van der Waals surface area contributed by atoms with E-state index < -0.39 is 6.04 Å². The van der Waals surface area contributed by atoms with Crippen LogP contribution < -0.4 is 10.7 Å². The first-order valence-electron chi connectivity index (χ1n) is 7.60. The molecule has 0 fully saturated rings. The van der Waals surface area contributed by atoms with Gasteiger partial charge in [0, 0.05) is 5.02 Å². The lowest BCUT2D eigenvalue weighted by Crippen LogP contribution is -2.21. The lowest BCUT2D eigenvalue weighted by atomic mass is 9.98. The minimum absolute atomic E-state index is 0.0840. The maximum atomic E-state index is 13.0. The van der Waals surface area contributed by atoms with Gasteiger partial charge in [-0.1, -0.05) is 23.7 Å². The second-order valence-corrected chi connectivity index (χ2v) is 6.50. The normalized spacial score (nSPS) is 16.3. The Labute approximate surface area is 143 Å². The van der Waals surface area contributed by atoms with Crippen LogP contribution in [0.2, 0.25) is 5.02 Å². The summed E-state index contributed by atoms with van der Waals surface area (Å²) >= 11 is 6.05. The molecular weight excluding hydrogens is 326 g/mol. The van der Waals surface area contributed by atoms with E-state index in [-0.39, 0.29) is 17.1 Å². The van der Waals surface area contributed by atoms with E-state index in [0.717, 1.165) is 16.7 Å². The molecule has 0 saturated heterocycles. The predicted octanol–water partition coefficient (Wildman–Crippen LogP) is 3.90. The largest absolute Gasteiger partial charge is 0.450 e. The first-order valence-corrected chi connectivity index (χ1v) is 7.98. The number of hydrogen-bond acceptors (Lipinski definition) is 3. The first-order chi connectivity index (χ1) is 11.5. The number of fused-ring (bicyclic) bond motifs is 2. The zero-order valence-electron chi connectivity index (χ0n) is 13.1. The summed E-state index contributed by atoms with van der Waals surface area (Å²) in [5, 5.41) is 3.85. The Balaban J connectivity index is 2.02. The van der Waals surface area contributed by atoms with Gasteiger partial charge in [-0.2, -0.15) is 0 Å². The van der Waals surface area contributed by atoms with E-state index in [1.165, 1.54) is 0 Å². The Morgan fingerprint density at radius 3 is 2.58 bits per heavy atom. The Morgan fingerprint density at radius 1 is 1.08 bits per heavy atom. The van der Waals surface area contributed by atoms with Crippen LogP contribution in [0.15, 0.2) is 45.6 Å². The highest BCUT2D eigenvalue weighted by Crippen LogP contribution is 2.32. The molecule has 120 valence electrons. The molecule has 4 nitrogen and oxygen atoms in total. The van der Waals surface area contributed by atoms with E-state index in [1.54, 1.807) is 24.3 Å². The summed E-state index contributed by atoms with van der Waals surface area (Å²) in [6.07, 6.45) is 0. The van der Waals surface area contributed by atoms with Gasteiger partial charge >= 0.3 is 0 Å². The molecule has 1 atom stereocenters. The van der Waals surface area contributed by atoms with Crippen molar-refractivity contribution in [3.05, 3.63) is 79.7 Å². The summed E-state index contributed by atoms with van der Waals surface area (Å²) in [6, 6.07) is 10.2. The first kappa shape index (κ1) is 15.0. The van der Waals surface area contributed by atoms with E-state index in [9.17, 15) is 9.59 Å². The Bertz CT molecular complexity index is 1070. The molecule has 1 N–H and O–H groups in total. The average molecular weight is 340 g/mol. The van der Waals surface area contributed by atoms with Crippen LogP contribution in [-0.4, -0.2) is 5.91 Å². The summed E-state index contributed by atoms with van der Waals surface area (Å²) in [5.41, 5.74) is 3.37. The van der Waals surface area contributed by atoms with Gasteiger partial charge < -0.3 is 9.73 Å². The summed E-state index contributed by atoms with van der Waals surface area (Å²) in [4.78, 5) is 25.3. The molecule has 0 spiro atoms. The van der Waals surface area contributed by atoms with Gasteiger partial charge in [-0.05, 0) is 54.8 Å². The highest BCUT2D eigenvalue weighted by atomic mass is 35.5. The number of aryl methyl sites for hydroxylation is 2. The van der Waals surface area contributed by atoms with Crippen molar-refractivity contribution < 1.29 is 9.21 Å². The zero-order valence-corrected chi connectivity index (χ0v) is 13.9. The smallest absolute Gasteiger partial charge is 0.288 e. The molecule has 1 aromatic heterocycles. The minimum Gasteiger partial charge on any atom is -0.450 e. The molecule has 0 bridgehead atoms. The lowest BCUT2D eigenvalue weighted by molar-refractivity contribution is 0.0938. The van der Waals surface area contributed by atoms with Crippen LogP contribution >= 0.6 is 11.6 Å². The van der Waals surface area contributed by atoms with Gasteiger partial charge in [0.1, 0.15) is 5.58 Å². The van der Waals surface area contributed by atoms with Gasteiger partial charge in [-0.15, -0.1) is 0 Å². The Morgan fingerprint density at radius 2 is 1.83 bits per heavy atom. The summed E-state index contributed by atoms with van der Waals surface area (Å²) in [5.74, 6) is -0.298. The standard InChI is InChI=1S/C19H14ClNO3/c1-9-6-13-14(7-10(9)2)24-18-15(17(13)22)16(21-19(18)23)11-4-3-5-12(20)8-11/h3-8,16H,1-2H3,(H,21,23). The van der Waals surface area contributed by atoms with Crippen LogP contribution in [0.4, 0.5) is 0 Å². The summed E-state index contributed by atoms with van der Waals surface area (Å²) in [7, 11) is 0. The fourth-order valence-corrected chi connectivity index (χ4v) is 3.30. The van der Waals surface area contributed by atoms with Crippen molar-refractivity contribution in [3.63, 3.8) is 0 Å². The van der Waals surface area contributed by atoms with Crippen LogP contribution in [0.25, 0.3) is 11.0 Å². The molecule has 0 aliphatic carbocycles. The van der Waals surface area contributed by atoms with Gasteiger partial charge in [0.05, 0.1) is 17.0 Å². The van der Waals surface area contributed by atoms with Gasteiger partial charge in [0.2, 0.25) is 5.76 Å². The van der Waals surface area contributed by atoms with Crippen LogP contribution in [0, 0.1) is 13.8 Å². The monoisotopic (exact) mass is 339 g/mol. The average Bonchev–Trinajstić information content (AvgIpc) is 2.87. The van der Waals surface area contributed by atoms with Crippen LogP contribution in [0.1, 0.15) is 38.9 Å². The zero-order chi connectivity index (χ0) is 17.0. The summed E-state index contributed by atoms with van der Waals surface area (Å²) < 4.78 is 5.77. The number of halogens is 1. The fourth-order valence-electron chi connectivity index (χ4n) is 3.10. The van der Waals surface area contributed by atoms with E-state index in [4.69, 9.17) is 16.0 Å². The van der Waals surface area contributed by atoms with Gasteiger partial charge in [-0.3, -0.25) is 9.59 Å². The van der Waals surface area contributed by atoms with Crippen molar-refractivity contribution in [2.45, 2.75) is 19.9 Å². The quantitative estimate of drug-likeness (QED) is 0.731. The number of amides is 1. The van der Waals surface area contributed by atoms with Crippen molar-refractivity contribution in [1.29, 1.82) is 0 Å². The Kier molecular flexibility index (Phi) is 3.25. The van der Waals surface area contributed by atoms with Crippen molar-refractivity contribution in [2.24, 2.45) is 0 Å². The third-order valence-electron chi connectivity index (χ3n) is 4.49. The lowest BCUT2D eigenvalue weighted by Gasteiger charge is -2.12. The highest BCUT2D eigenvalue weighted by Gasteiger charge is 2.36. The summed E-state index contributed by atoms with van der Waals surface area (Å²) in [6.45, 7) is 3.89. The van der Waals surface area contributed by atoms with Crippen molar-refractivity contribution in [3.8, 4) is 0 Å². The number of carbonyl (C=O) groups excluding carboxylic acids is 1. The third kappa shape index (κ3) is 2.14. The van der Waals surface area contributed by atoms with E-state index in [2.05, 4.69) is 5.32 Å². The molecule has 1 amide bonds. The molecule has 3 aromatic rings. The van der Waals surface area contributed by atoms with Crippen LogP contribution in [0.3, 0.4) is 0 Å². The predicted molar refractivity (Wildman–Crippen MR) is 92.7 cm³/mol. The molecule has 0 radical (unpaired) electrons. The fraction of sp³-hybridized carbons (Fsp3) is 0.158. The van der Waals surface area contributed by atoms with Gasteiger partial charge in [0.15, 0.2) is 5.43 Å². The number of benzene rings is 2. The van der Waals surface area contributed by atoms with Gasteiger partial charge in [-0.25, -0.2) is 0 Å². The second-order valence-electron chi connectivity index (χ2n) is 6.07. The molecule has 2 aromatic carbocycles. The van der Waals surface area contributed by atoms with Crippen molar-refractivity contribution in [1.82, 2.24) is 5.32 Å². The Hall–Kier alpha value is -2.59. The topological polar surface area (TPSA) is 59.3 Å². The SMILES string of the molecule is Cc1cc2oc3c(c(=O)c2cc1C)C(c1cccc(Cl)c1)NC3=O. The third-order valence-corrected chi connectivity index (χ3v) is 4.73. The maximum absolute atomic E-state index is 13.0. The van der Waals surface area contributed by atoms with Crippen LogP contribution in [0.5, 0.6) is 0 Å². The highest BCUT2D eigenvalue weighted by molar-refractivity contribution is 6.30. The molecule has 0 saturated carbocycles. The van der Waals surface area contributed by atoms with Crippen molar-refractivity contribution in [2.75, 3.05) is 0 Å². The van der Waals surface area contributed by atoms with E-state index >= 15 is 0 Å². The van der Waals surface area contributed by atoms with E-state index in [1.807, 2.05) is 26.0 Å². The molecule has 1 aliphatic heterocycles. The molecular formula is C19H14ClNO3. The number of rotatable bonds is 1. The number of hydrogen-bond donors (Lipinski definition) is 1. The van der Waals surface area contributed by atoms with Crippen molar-refractivity contribution >= 4 is 28.5 Å². The number of nitrogens with one attached hydrogen (secondary N) is 1. The van der Waals surface area contributed by atoms with E-state index in [0.29, 0.717) is 21.6 Å². The van der Waals surface area contributed by atoms with Gasteiger partial charge in [0.25, 0.3) is 5.91 Å². The molecule has 1 aliphatic rings. The van der Waals surface area contributed by atoms with Crippen LogP contribution in [-0.2, 0) is 0 Å². The maximum Gasteiger partial charge on any atom is 0.288 e. The number of carbonyl (C=O) groups is 1. The second kappa shape index (κ2) is 5.21. The molecule has 24 heavy (non-hydrogen) atoms.